The van der Waals surface area contributed by atoms with Gasteiger partial charge in [-0.15, -0.1) is 0 Å². The van der Waals surface area contributed by atoms with Gasteiger partial charge < -0.3 is 5.32 Å². The molecule has 1 aliphatic rings. The van der Waals surface area contributed by atoms with Gasteiger partial charge in [0.2, 0.25) is 5.91 Å². The number of carbonyl (C=O) groups is 2. The lowest BCUT2D eigenvalue weighted by molar-refractivity contribution is -0.120. The van der Waals surface area contributed by atoms with E-state index in [0.717, 1.165) is 36.9 Å². The molecule has 1 fully saturated rings. The molecule has 0 radical (unpaired) electrons. The number of carbonyl (C=O) groups excluding carboxylic acids is 2. The molecule has 0 saturated heterocycles. The number of anilines is 1. The molecule has 2 aromatic rings. The maximum atomic E-state index is 12.3. The molecular formula is C22H24ClN3O2. The molecule has 5 nitrogen and oxygen atoms in total. The van der Waals surface area contributed by atoms with Gasteiger partial charge in [0.15, 0.2) is 0 Å². The fourth-order valence-corrected chi connectivity index (χ4v) is 3.49. The zero-order valence-electron chi connectivity index (χ0n) is 15.9. The average Bonchev–Trinajstić information content (AvgIpc) is 2.73. The van der Waals surface area contributed by atoms with E-state index in [1.165, 1.54) is 6.42 Å². The predicted molar refractivity (Wildman–Crippen MR) is 113 cm³/mol. The highest BCUT2D eigenvalue weighted by atomic mass is 35.5. The molecule has 28 heavy (non-hydrogen) atoms. The summed E-state index contributed by atoms with van der Waals surface area (Å²) in [7, 11) is 0. The SMILES string of the molecule is C/C(=N/NC(=O)c1cccc(Cl)c1)c1ccc(NC(=O)C2CCCCC2)cc1. The first-order valence-electron chi connectivity index (χ1n) is 9.54. The summed E-state index contributed by atoms with van der Waals surface area (Å²) in [4.78, 5) is 24.5. The van der Waals surface area contributed by atoms with Crippen LogP contribution < -0.4 is 10.7 Å². The zero-order chi connectivity index (χ0) is 19.9. The van der Waals surface area contributed by atoms with Gasteiger partial charge in [0.1, 0.15) is 0 Å². The number of amides is 2. The van der Waals surface area contributed by atoms with Gasteiger partial charge in [0, 0.05) is 22.2 Å². The third kappa shape index (κ3) is 5.42. The highest BCUT2D eigenvalue weighted by Gasteiger charge is 2.20. The molecule has 3 rings (SSSR count). The summed E-state index contributed by atoms with van der Waals surface area (Å²) in [5, 5.41) is 7.64. The normalized spacial score (nSPS) is 15.1. The fraction of sp³-hybridized carbons (Fsp3) is 0.318. The van der Waals surface area contributed by atoms with E-state index in [1.54, 1.807) is 24.3 Å². The van der Waals surface area contributed by atoms with Gasteiger partial charge in [0.25, 0.3) is 5.91 Å². The largest absolute Gasteiger partial charge is 0.326 e. The summed E-state index contributed by atoms with van der Waals surface area (Å²) in [5.41, 5.74) is 5.29. The average molecular weight is 398 g/mol. The minimum Gasteiger partial charge on any atom is -0.326 e. The summed E-state index contributed by atoms with van der Waals surface area (Å²) in [6, 6.07) is 14.2. The molecule has 6 heteroatoms. The highest BCUT2D eigenvalue weighted by Crippen LogP contribution is 2.25. The Kier molecular flexibility index (Phi) is 6.82. The van der Waals surface area contributed by atoms with E-state index in [4.69, 9.17) is 11.6 Å². The summed E-state index contributed by atoms with van der Waals surface area (Å²) in [6.45, 7) is 1.81. The van der Waals surface area contributed by atoms with Crippen LogP contribution in [0.4, 0.5) is 5.69 Å². The third-order valence-electron chi connectivity index (χ3n) is 4.96. The molecule has 0 atom stereocenters. The Morgan fingerprint density at radius 3 is 2.39 bits per heavy atom. The maximum Gasteiger partial charge on any atom is 0.271 e. The molecule has 0 bridgehead atoms. The van der Waals surface area contributed by atoms with E-state index in [-0.39, 0.29) is 17.7 Å². The van der Waals surface area contributed by atoms with Crippen molar-refractivity contribution in [2.24, 2.45) is 11.0 Å². The minimum absolute atomic E-state index is 0.103. The van der Waals surface area contributed by atoms with Crippen molar-refractivity contribution in [1.29, 1.82) is 0 Å². The topological polar surface area (TPSA) is 70.6 Å². The summed E-state index contributed by atoms with van der Waals surface area (Å²) in [6.07, 6.45) is 5.44. The number of halogens is 1. The first kappa shape index (κ1) is 20.1. The lowest BCUT2D eigenvalue weighted by Gasteiger charge is -2.20. The Balaban J connectivity index is 1.58. The van der Waals surface area contributed by atoms with E-state index in [2.05, 4.69) is 15.8 Å². The molecule has 0 heterocycles. The summed E-state index contributed by atoms with van der Waals surface area (Å²) >= 11 is 5.90. The smallest absolute Gasteiger partial charge is 0.271 e. The molecule has 2 N–H and O–H groups in total. The van der Waals surface area contributed by atoms with Gasteiger partial charge in [-0.05, 0) is 55.7 Å². The molecule has 2 amide bonds. The van der Waals surface area contributed by atoms with Crippen LogP contribution in [0.1, 0.15) is 54.9 Å². The first-order chi connectivity index (χ1) is 13.5. The number of benzene rings is 2. The molecule has 146 valence electrons. The molecule has 1 aliphatic carbocycles. The maximum absolute atomic E-state index is 12.3. The van der Waals surface area contributed by atoms with Gasteiger partial charge >= 0.3 is 0 Å². The quantitative estimate of drug-likeness (QED) is 0.549. The van der Waals surface area contributed by atoms with Gasteiger partial charge in [-0.25, -0.2) is 5.43 Å². The second-order valence-corrected chi connectivity index (χ2v) is 7.49. The van der Waals surface area contributed by atoms with Crippen molar-refractivity contribution in [2.45, 2.75) is 39.0 Å². The van der Waals surface area contributed by atoms with Crippen molar-refractivity contribution in [2.75, 3.05) is 5.32 Å². The number of nitrogens with zero attached hydrogens (tertiary/aromatic N) is 1. The lowest BCUT2D eigenvalue weighted by atomic mass is 9.88. The number of hydrazone groups is 1. The van der Waals surface area contributed by atoms with Crippen LogP contribution in [0.25, 0.3) is 0 Å². The van der Waals surface area contributed by atoms with Gasteiger partial charge in [-0.1, -0.05) is 49.1 Å². The fourth-order valence-electron chi connectivity index (χ4n) is 3.30. The first-order valence-corrected chi connectivity index (χ1v) is 9.92. The van der Waals surface area contributed by atoms with Gasteiger partial charge in [-0.3, -0.25) is 9.59 Å². The second kappa shape index (κ2) is 9.51. The van der Waals surface area contributed by atoms with Crippen molar-refractivity contribution >= 4 is 34.8 Å². The Bertz CT molecular complexity index is 872. The van der Waals surface area contributed by atoms with Gasteiger partial charge in [-0.2, -0.15) is 5.10 Å². The predicted octanol–water partition coefficient (Wildman–Crippen LogP) is 5.01. The Hall–Kier alpha value is -2.66. The lowest BCUT2D eigenvalue weighted by Crippen LogP contribution is -2.24. The van der Waals surface area contributed by atoms with Crippen LogP contribution in [0, 0.1) is 5.92 Å². The van der Waals surface area contributed by atoms with Crippen molar-refractivity contribution in [1.82, 2.24) is 5.43 Å². The summed E-state index contributed by atoms with van der Waals surface area (Å²) in [5.74, 6) is -0.0942. The standard InChI is InChI=1S/C22H24ClN3O2/c1-15(25-26-22(28)18-8-5-9-19(23)14-18)16-10-12-20(13-11-16)24-21(27)17-6-3-2-4-7-17/h5,8-14,17H,2-4,6-7H2,1H3,(H,24,27)(H,26,28)/b25-15-. The minimum atomic E-state index is -0.321. The van der Waals surface area contributed by atoms with E-state index in [9.17, 15) is 9.59 Å². The van der Waals surface area contributed by atoms with Crippen molar-refractivity contribution in [3.8, 4) is 0 Å². The molecule has 0 spiro atoms. The van der Waals surface area contributed by atoms with Crippen LogP contribution >= 0.6 is 11.6 Å². The van der Waals surface area contributed by atoms with E-state index >= 15 is 0 Å². The van der Waals surface area contributed by atoms with Crippen molar-refractivity contribution in [3.63, 3.8) is 0 Å². The molecule has 0 unspecified atom stereocenters. The summed E-state index contributed by atoms with van der Waals surface area (Å²) < 4.78 is 0. The monoisotopic (exact) mass is 397 g/mol. The van der Waals surface area contributed by atoms with Crippen LogP contribution in [-0.2, 0) is 4.79 Å². The van der Waals surface area contributed by atoms with Crippen LogP contribution in [0.5, 0.6) is 0 Å². The number of rotatable bonds is 5. The van der Waals surface area contributed by atoms with Crippen LogP contribution in [0.3, 0.4) is 0 Å². The van der Waals surface area contributed by atoms with E-state index in [0.29, 0.717) is 16.3 Å². The molecular weight excluding hydrogens is 374 g/mol. The second-order valence-electron chi connectivity index (χ2n) is 7.05. The Morgan fingerprint density at radius 1 is 1.00 bits per heavy atom. The van der Waals surface area contributed by atoms with E-state index < -0.39 is 0 Å². The number of nitrogens with one attached hydrogen (secondary N) is 2. The number of hydrogen-bond donors (Lipinski definition) is 2. The van der Waals surface area contributed by atoms with Crippen LogP contribution in [-0.4, -0.2) is 17.5 Å². The van der Waals surface area contributed by atoms with Crippen molar-refractivity contribution < 1.29 is 9.59 Å². The molecule has 0 aromatic heterocycles. The number of hydrogen-bond acceptors (Lipinski definition) is 3. The van der Waals surface area contributed by atoms with Crippen LogP contribution in [0.15, 0.2) is 53.6 Å². The Labute approximate surface area is 170 Å². The highest BCUT2D eigenvalue weighted by molar-refractivity contribution is 6.31. The zero-order valence-corrected chi connectivity index (χ0v) is 16.6. The molecule has 2 aromatic carbocycles. The van der Waals surface area contributed by atoms with E-state index in [1.807, 2.05) is 31.2 Å². The third-order valence-corrected chi connectivity index (χ3v) is 5.19. The van der Waals surface area contributed by atoms with Gasteiger partial charge in [0.05, 0.1) is 5.71 Å². The molecule has 0 aliphatic heterocycles. The Morgan fingerprint density at radius 2 is 1.71 bits per heavy atom. The molecule has 1 saturated carbocycles. The van der Waals surface area contributed by atoms with Crippen molar-refractivity contribution in [3.05, 3.63) is 64.7 Å². The van der Waals surface area contributed by atoms with Crippen LogP contribution in [0.2, 0.25) is 5.02 Å².